The molecule has 0 aliphatic heterocycles. The molecular weight excluding hydrogens is 317 g/mol. The molecule has 0 bridgehead atoms. The molecule has 0 atom stereocenters. The molecule has 1 N–H and O–H groups in total. The largest absolute Gasteiger partial charge is 0.352 e. The predicted octanol–water partition coefficient (Wildman–Crippen LogP) is 3.23. The number of rotatable bonds is 6. The second kappa shape index (κ2) is 7.22. The van der Waals surface area contributed by atoms with E-state index in [1.165, 1.54) is 6.92 Å². The van der Waals surface area contributed by atoms with Gasteiger partial charge in [-0.05, 0) is 37.8 Å². The zero-order chi connectivity index (χ0) is 16.2. The Kier molecular flexibility index (Phi) is 6.16. The van der Waals surface area contributed by atoms with Crippen LogP contribution in [0.25, 0.3) is 0 Å². The highest BCUT2D eigenvalue weighted by Crippen LogP contribution is 2.23. The van der Waals surface area contributed by atoms with Crippen molar-refractivity contribution in [3.8, 4) is 0 Å². The van der Waals surface area contributed by atoms with Gasteiger partial charge in [-0.1, -0.05) is 13.8 Å². The van der Waals surface area contributed by atoms with Gasteiger partial charge in [0.25, 0.3) is 15.0 Å². The van der Waals surface area contributed by atoms with Crippen LogP contribution >= 0.6 is 10.7 Å². The van der Waals surface area contributed by atoms with Crippen molar-refractivity contribution in [2.75, 3.05) is 6.54 Å². The number of nitrogens with one attached hydrogen (secondary N) is 1. The van der Waals surface area contributed by atoms with Crippen molar-refractivity contribution < 1.29 is 17.6 Å². The molecule has 21 heavy (non-hydrogen) atoms. The van der Waals surface area contributed by atoms with E-state index in [0.29, 0.717) is 12.5 Å². The van der Waals surface area contributed by atoms with Crippen molar-refractivity contribution in [1.82, 2.24) is 5.32 Å². The first-order valence-electron chi connectivity index (χ1n) is 6.66. The summed E-state index contributed by atoms with van der Waals surface area (Å²) in [5.41, 5.74) is -0.150. The Morgan fingerprint density at radius 2 is 2.00 bits per heavy atom. The Morgan fingerprint density at radius 1 is 1.38 bits per heavy atom. The van der Waals surface area contributed by atoms with Crippen LogP contribution in [-0.2, 0) is 9.05 Å². The normalized spacial score (nSPS) is 11.7. The van der Waals surface area contributed by atoms with Crippen LogP contribution in [0.3, 0.4) is 0 Å². The van der Waals surface area contributed by atoms with Gasteiger partial charge in [0.15, 0.2) is 0 Å². The zero-order valence-corrected chi connectivity index (χ0v) is 13.8. The average molecular weight is 336 g/mol. The summed E-state index contributed by atoms with van der Waals surface area (Å²) >= 11 is 0. The second-order valence-corrected chi connectivity index (χ2v) is 7.85. The third-order valence-electron chi connectivity index (χ3n) is 3.07. The van der Waals surface area contributed by atoms with Gasteiger partial charge in [-0.25, -0.2) is 12.8 Å². The minimum atomic E-state index is -4.10. The molecule has 0 saturated heterocycles. The van der Waals surface area contributed by atoms with Crippen LogP contribution in [0.2, 0.25) is 0 Å². The molecule has 1 aromatic rings. The van der Waals surface area contributed by atoms with Crippen molar-refractivity contribution in [3.05, 3.63) is 29.1 Å². The third kappa shape index (κ3) is 5.28. The summed E-state index contributed by atoms with van der Waals surface area (Å²) in [4.78, 5) is 11.5. The lowest BCUT2D eigenvalue weighted by Gasteiger charge is -2.09. The van der Waals surface area contributed by atoms with Gasteiger partial charge in [0.1, 0.15) is 5.82 Å². The van der Waals surface area contributed by atoms with Crippen molar-refractivity contribution in [2.45, 2.75) is 38.5 Å². The number of carbonyl (C=O) groups is 1. The maximum atomic E-state index is 13.7. The molecule has 0 unspecified atom stereocenters. The van der Waals surface area contributed by atoms with E-state index in [4.69, 9.17) is 10.7 Å². The van der Waals surface area contributed by atoms with E-state index in [1.807, 2.05) is 0 Å². The minimum Gasteiger partial charge on any atom is -0.352 e. The highest BCUT2D eigenvalue weighted by Gasteiger charge is 2.20. The second-order valence-electron chi connectivity index (χ2n) is 5.31. The monoisotopic (exact) mass is 335 g/mol. The first-order chi connectivity index (χ1) is 9.62. The summed E-state index contributed by atoms with van der Waals surface area (Å²) in [6.45, 7) is 5.91. The summed E-state index contributed by atoms with van der Waals surface area (Å²) in [7, 11) is 1.15. The van der Waals surface area contributed by atoms with Crippen molar-refractivity contribution in [1.29, 1.82) is 0 Å². The molecule has 0 heterocycles. The summed E-state index contributed by atoms with van der Waals surface area (Å²) in [5.74, 6) is -0.755. The highest BCUT2D eigenvalue weighted by molar-refractivity contribution is 8.13. The van der Waals surface area contributed by atoms with E-state index in [9.17, 15) is 17.6 Å². The maximum absolute atomic E-state index is 13.7. The molecule has 4 nitrogen and oxygen atoms in total. The lowest BCUT2D eigenvalue weighted by atomic mass is 10.1. The van der Waals surface area contributed by atoms with Crippen LogP contribution in [0, 0.1) is 18.7 Å². The van der Waals surface area contributed by atoms with Gasteiger partial charge in [0.05, 0.1) is 4.90 Å². The predicted molar refractivity (Wildman–Crippen MR) is 80.6 cm³/mol. The van der Waals surface area contributed by atoms with E-state index >= 15 is 0 Å². The molecule has 0 fully saturated rings. The van der Waals surface area contributed by atoms with Crippen LogP contribution < -0.4 is 5.32 Å². The number of benzene rings is 1. The third-order valence-corrected chi connectivity index (χ3v) is 4.51. The summed E-state index contributed by atoms with van der Waals surface area (Å²) in [6, 6.07) is 2.11. The minimum absolute atomic E-state index is 0.0538. The standard InChI is InChI=1S/C14H19ClFNO3S/c1-9(2)5-4-6-17-14(18)11-7-12(16)10(3)13(8-11)21(15,19)20/h7-9H,4-6H2,1-3H3,(H,17,18). The zero-order valence-electron chi connectivity index (χ0n) is 12.2. The lowest BCUT2D eigenvalue weighted by Crippen LogP contribution is -2.25. The number of amides is 1. The molecule has 118 valence electrons. The molecule has 1 rings (SSSR count). The number of halogens is 2. The quantitative estimate of drug-likeness (QED) is 0.641. The first kappa shape index (κ1) is 17.9. The fourth-order valence-corrected chi connectivity index (χ4v) is 3.06. The number of hydrogen-bond donors (Lipinski definition) is 1. The maximum Gasteiger partial charge on any atom is 0.261 e. The van der Waals surface area contributed by atoms with E-state index in [0.717, 1.165) is 25.0 Å². The number of carbonyl (C=O) groups excluding carboxylic acids is 1. The molecule has 0 aliphatic carbocycles. The lowest BCUT2D eigenvalue weighted by molar-refractivity contribution is 0.0952. The molecular formula is C14H19ClFNO3S. The van der Waals surface area contributed by atoms with Gasteiger partial charge in [-0.3, -0.25) is 4.79 Å². The molecule has 1 aromatic carbocycles. The van der Waals surface area contributed by atoms with Crippen molar-refractivity contribution >= 4 is 25.6 Å². The molecule has 0 aromatic heterocycles. The van der Waals surface area contributed by atoms with Gasteiger partial charge in [-0.15, -0.1) is 0 Å². The Hall–Kier alpha value is -1.14. The molecule has 0 spiro atoms. The highest BCUT2D eigenvalue weighted by atomic mass is 35.7. The van der Waals surface area contributed by atoms with Gasteiger partial charge in [0.2, 0.25) is 0 Å². The Bertz CT molecular complexity index is 629. The van der Waals surface area contributed by atoms with Gasteiger partial charge < -0.3 is 5.32 Å². The molecule has 1 amide bonds. The van der Waals surface area contributed by atoms with Gasteiger partial charge in [0, 0.05) is 28.4 Å². The van der Waals surface area contributed by atoms with E-state index in [2.05, 4.69) is 19.2 Å². The van der Waals surface area contributed by atoms with Crippen LogP contribution in [0.15, 0.2) is 17.0 Å². The Balaban J connectivity index is 2.89. The molecule has 0 radical (unpaired) electrons. The van der Waals surface area contributed by atoms with E-state index < -0.39 is 20.8 Å². The smallest absolute Gasteiger partial charge is 0.261 e. The van der Waals surface area contributed by atoms with Crippen LogP contribution in [0.4, 0.5) is 4.39 Å². The van der Waals surface area contributed by atoms with Crippen LogP contribution in [0.1, 0.15) is 42.6 Å². The number of hydrogen-bond acceptors (Lipinski definition) is 3. The van der Waals surface area contributed by atoms with Crippen molar-refractivity contribution in [3.63, 3.8) is 0 Å². The first-order valence-corrected chi connectivity index (χ1v) is 8.97. The summed E-state index contributed by atoms with van der Waals surface area (Å²) in [5, 5.41) is 2.64. The van der Waals surface area contributed by atoms with Crippen LogP contribution in [0.5, 0.6) is 0 Å². The van der Waals surface area contributed by atoms with Gasteiger partial charge in [-0.2, -0.15) is 0 Å². The average Bonchev–Trinajstić information content (AvgIpc) is 2.35. The fraction of sp³-hybridized carbons (Fsp3) is 0.500. The topological polar surface area (TPSA) is 63.2 Å². The van der Waals surface area contributed by atoms with Gasteiger partial charge >= 0.3 is 0 Å². The molecule has 7 heteroatoms. The molecule has 0 saturated carbocycles. The van der Waals surface area contributed by atoms with Crippen molar-refractivity contribution in [2.24, 2.45) is 5.92 Å². The summed E-state index contributed by atoms with van der Waals surface area (Å²) < 4.78 is 36.5. The van der Waals surface area contributed by atoms with Crippen LogP contribution in [-0.4, -0.2) is 20.9 Å². The Labute approximate surface area is 129 Å². The van der Waals surface area contributed by atoms with E-state index in [-0.39, 0.29) is 16.0 Å². The summed E-state index contributed by atoms with van der Waals surface area (Å²) in [6.07, 6.45) is 1.77. The molecule has 0 aliphatic rings. The SMILES string of the molecule is Cc1c(F)cc(C(=O)NCCCC(C)C)cc1S(=O)(=O)Cl. The Morgan fingerprint density at radius 3 is 2.52 bits per heavy atom. The van der Waals surface area contributed by atoms with E-state index in [1.54, 1.807) is 0 Å². The fourth-order valence-electron chi connectivity index (χ4n) is 1.85.